The molecule has 1 aliphatic carbocycles. The number of hydrogen-bond acceptors (Lipinski definition) is 5. The number of hydrogen-bond donors (Lipinski definition) is 0. The molecule has 2 aromatic rings. The van der Waals surface area contributed by atoms with Gasteiger partial charge in [-0.05, 0) is 60.4 Å². The van der Waals surface area contributed by atoms with Crippen molar-refractivity contribution in [3.8, 4) is 11.5 Å². The van der Waals surface area contributed by atoms with Crippen molar-refractivity contribution in [2.45, 2.75) is 38.9 Å². The Morgan fingerprint density at radius 2 is 1.97 bits per heavy atom. The van der Waals surface area contributed by atoms with Crippen molar-refractivity contribution in [3.05, 3.63) is 67.3 Å². The first kappa shape index (κ1) is 25.8. The van der Waals surface area contributed by atoms with Crippen LogP contribution in [0.1, 0.15) is 47.5 Å². The molecule has 3 rings (SSSR count). The highest BCUT2D eigenvalue weighted by atomic mass is 35.5. The number of allylic oxidation sites excluding steroid dienone is 2. The topological polar surface area (TPSA) is 44.8 Å². The number of carbonyl (C=O) groups excluding carboxylic acids is 1. The number of esters is 1. The largest absolute Gasteiger partial charge is 0.489 e. The second kappa shape index (κ2) is 11.6. The first-order valence-electron chi connectivity index (χ1n) is 10.0. The van der Waals surface area contributed by atoms with Gasteiger partial charge in [0.25, 0.3) is 0 Å². The summed E-state index contributed by atoms with van der Waals surface area (Å²) in [6, 6.07) is 5.99. The lowest BCUT2D eigenvalue weighted by Gasteiger charge is -2.22. The van der Waals surface area contributed by atoms with E-state index in [0.717, 1.165) is 24.2 Å². The predicted molar refractivity (Wildman–Crippen MR) is 127 cm³/mol. The lowest BCUT2D eigenvalue weighted by molar-refractivity contribution is -0.0515. The molecule has 0 radical (unpaired) electrons. The fourth-order valence-corrected chi connectivity index (χ4v) is 4.47. The van der Waals surface area contributed by atoms with Crippen molar-refractivity contribution in [1.82, 2.24) is 0 Å². The van der Waals surface area contributed by atoms with E-state index in [-0.39, 0.29) is 32.9 Å². The van der Waals surface area contributed by atoms with E-state index in [1.807, 2.05) is 0 Å². The lowest BCUT2D eigenvalue weighted by Crippen LogP contribution is -2.13. The second-order valence-electron chi connectivity index (χ2n) is 7.45. The van der Waals surface area contributed by atoms with Gasteiger partial charge in [-0.15, -0.1) is 11.3 Å². The summed E-state index contributed by atoms with van der Waals surface area (Å²) in [6.07, 6.45) is 1.27. The van der Waals surface area contributed by atoms with Crippen LogP contribution in [0.3, 0.4) is 0 Å². The maximum atomic E-state index is 12.9. The van der Waals surface area contributed by atoms with E-state index in [1.165, 1.54) is 18.2 Å². The molecule has 1 aromatic heterocycles. The van der Waals surface area contributed by atoms with Gasteiger partial charge in [0, 0.05) is 16.5 Å². The summed E-state index contributed by atoms with van der Waals surface area (Å²) in [6.45, 7) is 2.73. The Labute approximate surface area is 209 Å². The zero-order chi connectivity index (χ0) is 24.1. The Balaban J connectivity index is 1.95. The van der Waals surface area contributed by atoms with E-state index in [1.54, 1.807) is 18.4 Å². The van der Waals surface area contributed by atoms with Gasteiger partial charge in [-0.25, -0.2) is 4.79 Å². The van der Waals surface area contributed by atoms with E-state index in [2.05, 4.69) is 11.3 Å². The molecule has 1 aliphatic rings. The first-order chi connectivity index (χ1) is 15.7. The monoisotopic (exact) mass is 536 g/mol. The average Bonchev–Trinajstić information content (AvgIpc) is 3.47. The van der Waals surface area contributed by atoms with Gasteiger partial charge in [-0.2, -0.15) is 8.78 Å². The molecule has 0 bridgehead atoms. The molecule has 1 fully saturated rings. The summed E-state index contributed by atoms with van der Waals surface area (Å²) in [5.41, 5.74) is 0.971. The molecule has 178 valence electrons. The smallest absolute Gasteiger partial charge is 0.387 e. The van der Waals surface area contributed by atoms with Gasteiger partial charge in [-0.1, -0.05) is 47.4 Å². The van der Waals surface area contributed by atoms with Gasteiger partial charge in [0.15, 0.2) is 11.5 Å². The Bertz CT molecular complexity index is 1050. The van der Waals surface area contributed by atoms with E-state index >= 15 is 0 Å². The van der Waals surface area contributed by atoms with Crippen LogP contribution in [-0.4, -0.2) is 19.2 Å². The van der Waals surface area contributed by atoms with Crippen LogP contribution in [0.25, 0.3) is 0 Å². The third-order valence-corrected chi connectivity index (χ3v) is 6.69. The molecule has 0 aliphatic heterocycles. The van der Waals surface area contributed by atoms with Crippen LogP contribution in [0, 0.1) is 5.92 Å². The van der Waals surface area contributed by atoms with Crippen molar-refractivity contribution in [2.75, 3.05) is 6.61 Å². The molecule has 0 saturated heterocycles. The number of thiophene rings is 1. The molecular formula is C23H21Cl3F2O4S. The van der Waals surface area contributed by atoms with Crippen LogP contribution in [0.5, 0.6) is 11.5 Å². The molecule has 0 N–H and O–H groups in total. The Morgan fingerprint density at radius 1 is 1.24 bits per heavy atom. The van der Waals surface area contributed by atoms with E-state index < -0.39 is 18.7 Å². The predicted octanol–water partition coefficient (Wildman–Crippen LogP) is 8.35. The summed E-state index contributed by atoms with van der Waals surface area (Å²) in [4.78, 5) is 13.0. The number of halogens is 5. The van der Waals surface area contributed by atoms with Gasteiger partial charge in [0.2, 0.25) is 0 Å². The third-order valence-electron chi connectivity index (χ3n) is 4.91. The van der Waals surface area contributed by atoms with Crippen molar-refractivity contribution < 1.29 is 27.8 Å². The molecule has 4 nitrogen and oxygen atoms in total. The van der Waals surface area contributed by atoms with Crippen LogP contribution >= 0.6 is 46.1 Å². The molecule has 33 heavy (non-hydrogen) atoms. The quantitative estimate of drug-likeness (QED) is 0.213. The summed E-state index contributed by atoms with van der Waals surface area (Å²) in [5, 5.41) is 2.51. The molecule has 1 atom stereocenters. The zero-order valence-corrected chi connectivity index (χ0v) is 20.7. The van der Waals surface area contributed by atoms with Crippen LogP contribution < -0.4 is 9.47 Å². The van der Waals surface area contributed by atoms with E-state index in [4.69, 9.17) is 44.3 Å². The number of ether oxygens (including phenoxy) is 3. The average molecular weight is 538 g/mol. The third kappa shape index (κ3) is 7.34. The molecule has 1 saturated carbocycles. The number of rotatable bonds is 11. The highest BCUT2D eigenvalue weighted by molar-refractivity contribution is 7.12. The van der Waals surface area contributed by atoms with Gasteiger partial charge in [0.05, 0.1) is 11.6 Å². The minimum Gasteiger partial charge on any atom is -0.489 e. The summed E-state index contributed by atoms with van der Waals surface area (Å²) in [5.74, 6) is -0.227. The maximum absolute atomic E-state index is 12.9. The standard InChI is InChI=1S/C23H21Cl3F2O4S/c1-12(24)16(13(2)25)10-19(31-22(29)21-17(26)7-8-33-21)15-5-6-18(32-23(27)28)20(9-15)30-11-14-3-4-14/h5-9,14,19,23H,1,3-4,10-11H2,2H3/b16-13+/t19-/m0/s1. The van der Waals surface area contributed by atoms with Crippen LogP contribution in [0.15, 0.2) is 51.9 Å². The van der Waals surface area contributed by atoms with Gasteiger partial charge < -0.3 is 14.2 Å². The van der Waals surface area contributed by atoms with E-state index in [9.17, 15) is 13.6 Å². The normalized spacial score (nSPS) is 15.1. The summed E-state index contributed by atoms with van der Waals surface area (Å²) < 4.78 is 41.9. The number of carbonyl (C=O) groups is 1. The van der Waals surface area contributed by atoms with Crippen LogP contribution in [0.2, 0.25) is 5.02 Å². The summed E-state index contributed by atoms with van der Waals surface area (Å²) in [7, 11) is 0. The summed E-state index contributed by atoms with van der Waals surface area (Å²) >= 11 is 19.5. The maximum Gasteiger partial charge on any atom is 0.387 e. The molecule has 1 heterocycles. The van der Waals surface area contributed by atoms with Crippen LogP contribution in [0.4, 0.5) is 8.78 Å². The first-order valence-corrected chi connectivity index (χ1v) is 12.0. The van der Waals surface area contributed by atoms with Crippen LogP contribution in [-0.2, 0) is 4.74 Å². The lowest BCUT2D eigenvalue weighted by atomic mass is 10.00. The molecule has 0 amide bonds. The highest BCUT2D eigenvalue weighted by Gasteiger charge is 2.26. The SMILES string of the molecule is C=C(Cl)/C(C[C@H](OC(=O)c1sccc1Cl)c1ccc(OC(F)F)c(OCC2CC2)c1)=C(\C)Cl. The Morgan fingerprint density at radius 3 is 2.52 bits per heavy atom. The molecule has 0 unspecified atom stereocenters. The van der Waals surface area contributed by atoms with E-state index in [0.29, 0.717) is 28.7 Å². The molecule has 1 aromatic carbocycles. The minimum absolute atomic E-state index is 0.101. The fraction of sp³-hybridized carbons (Fsp3) is 0.348. The molecular weight excluding hydrogens is 517 g/mol. The zero-order valence-electron chi connectivity index (χ0n) is 17.6. The Kier molecular flexibility index (Phi) is 9.04. The number of alkyl halides is 2. The van der Waals surface area contributed by atoms with Crippen molar-refractivity contribution >= 4 is 52.1 Å². The molecule has 10 heteroatoms. The van der Waals surface area contributed by atoms with Gasteiger partial charge in [0.1, 0.15) is 11.0 Å². The van der Waals surface area contributed by atoms with Crippen molar-refractivity contribution in [1.29, 1.82) is 0 Å². The van der Waals surface area contributed by atoms with Crippen molar-refractivity contribution in [3.63, 3.8) is 0 Å². The van der Waals surface area contributed by atoms with Gasteiger partial charge in [-0.3, -0.25) is 0 Å². The Hall–Kier alpha value is -1.80. The van der Waals surface area contributed by atoms with Crippen molar-refractivity contribution in [2.24, 2.45) is 5.92 Å². The highest BCUT2D eigenvalue weighted by Crippen LogP contribution is 2.39. The fourth-order valence-electron chi connectivity index (χ4n) is 3.00. The molecule has 0 spiro atoms. The minimum atomic E-state index is -3.01. The van der Waals surface area contributed by atoms with Gasteiger partial charge >= 0.3 is 12.6 Å². The second-order valence-corrected chi connectivity index (χ2v) is 9.80. The number of benzene rings is 1.